The Balaban J connectivity index is 1.26. The maximum Gasteiger partial charge on any atom is 0.338 e. The third kappa shape index (κ3) is 4.62. The average molecular weight is 418 g/mol. The number of nitrogens with zero attached hydrogens (tertiary/aromatic N) is 3. The Kier molecular flexibility index (Phi) is 6.06. The monoisotopic (exact) mass is 417 g/mol. The van der Waals surface area contributed by atoms with E-state index in [0.29, 0.717) is 24.2 Å². The van der Waals surface area contributed by atoms with E-state index in [2.05, 4.69) is 17.0 Å². The number of piperazine rings is 1. The lowest BCUT2D eigenvalue weighted by Gasteiger charge is -2.35. The molecule has 1 fully saturated rings. The van der Waals surface area contributed by atoms with Crippen LogP contribution >= 0.6 is 0 Å². The zero-order chi connectivity index (χ0) is 22.0. The normalized spacial score (nSPS) is 16.0. The number of cyclic esters (lactones) is 1. The van der Waals surface area contributed by atoms with Gasteiger partial charge in [-0.05, 0) is 48.6 Å². The van der Waals surface area contributed by atoms with Crippen molar-refractivity contribution in [2.75, 3.05) is 32.7 Å². The molecule has 2 aliphatic rings. The van der Waals surface area contributed by atoms with Gasteiger partial charge in [0.25, 0.3) is 0 Å². The zero-order valence-electron chi connectivity index (χ0n) is 18.1. The number of benzene rings is 2. The van der Waals surface area contributed by atoms with Crippen LogP contribution < -0.4 is 0 Å². The van der Waals surface area contributed by atoms with Crippen LogP contribution in [0.15, 0.2) is 30.3 Å². The fourth-order valence-corrected chi connectivity index (χ4v) is 4.47. The Labute approximate surface area is 183 Å². The van der Waals surface area contributed by atoms with Crippen molar-refractivity contribution in [3.05, 3.63) is 69.3 Å². The molecule has 2 aromatic rings. The molecule has 6 heteroatoms. The van der Waals surface area contributed by atoms with Gasteiger partial charge in [0.2, 0.25) is 5.91 Å². The molecule has 2 aliphatic heterocycles. The van der Waals surface area contributed by atoms with Crippen LogP contribution in [0.3, 0.4) is 0 Å². The Hall–Kier alpha value is -3.17. The molecular formula is C25H27N3O3. The lowest BCUT2D eigenvalue weighted by Crippen LogP contribution is -2.49. The van der Waals surface area contributed by atoms with Crippen LogP contribution in [0, 0.1) is 25.2 Å². The third-order valence-electron chi connectivity index (χ3n) is 6.25. The van der Waals surface area contributed by atoms with Gasteiger partial charge in [0.05, 0.1) is 23.6 Å². The molecule has 6 nitrogen and oxygen atoms in total. The Morgan fingerprint density at radius 3 is 2.45 bits per heavy atom. The van der Waals surface area contributed by atoms with E-state index >= 15 is 0 Å². The zero-order valence-corrected chi connectivity index (χ0v) is 18.1. The summed E-state index contributed by atoms with van der Waals surface area (Å²) < 4.78 is 5.07. The summed E-state index contributed by atoms with van der Waals surface area (Å²) in [4.78, 5) is 28.7. The molecule has 31 heavy (non-hydrogen) atoms. The maximum atomic E-state index is 12.8. The van der Waals surface area contributed by atoms with Crippen molar-refractivity contribution in [2.45, 2.75) is 33.3 Å². The summed E-state index contributed by atoms with van der Waals surface area (Å²) in [6.45, 7) is 8.35. The van der Waals surface area contributed by atoms with Gasteiger partial charge in [-0.15, -0.1) is 0 Å². The predicted octanol–water partition coefficient (Wildman–Crippen LogP) is 2.77. The lowest BCUT2D eigenvalue weighted by molar-refractivity contribution is -0.132. The highest BCUT2D eigenvalue weighted by Gasteiger charge is 2.23. The van der Waals surface area contributed by atoms with Gasteiger partial charge in [-0.2, -0.15) is 5.26 Å². The predicted molar refractivity (Wildman–Crippen MR) is 117 cm³/mol. The van der Waals surface area contributed by atoms with Crippen LogP contribution in [0.2, 0.25) is 0 Å². The molecule has 1 amide bonds. The minimum absolute atomic E-state index is 0.145. The number of esters is 1. The van der Waals surface area contributed by atoms with Crippen molar-refractivity contribution in [1.82, 2.24) is 9.80 Å². The molecule has 0 N–H and O–H groups in total. The molecule has 4 rings (SSSR count). The summed E-state index contributed by atoms with van der Waals surface area (Å²) in [6, 6.07) is 12.1. The van der Waals surface area contributed by atoms with Crippen LogP contribution in [0.5, 0.6) is 0 Å². The minimum Gasteiger partial charge on any atom is -0.457 e. The molecule has 0 atom stereocenters. The first-order chi connectivity index (χ1) is 14.9. The molecule has 0 radical (unpaired) electrons. The quantitative estimate of drug-likeness (QED) is 0.700. The van der Waals surface area contributed by atoms with Crippen molar-refractivity contribution in [3.63, 3.8) is 0 Å². The van der Waals surface area contributed by atoms with E-state index in [-0.39, 0.29) is 11.9 Å². The molecular weight excluding hydrogens is 390 g/mol. The van der Waals surface area contributed by atoms with Gasteiger partial charge in [0, 0.05) is 38.3 Å². The number of nitriles is 1. The Morgan fingerprint density at radius 1 is 1.06 bits per heavy atom. The van der Waals surface area contributed by atoms with Gasteiger partial charge in [0.1, 0.15) is 6.61 Å². The first-order valence-corrected chi connectivity index (χ1v) is 10.7. The molecule has 0 spiro atoms. The molecule has 2 heterocycles. The highest BCUT2D eigenvalue weighted by atomic mass is 16.5. The molecule has 2 aromatic carbocycles. The molecule has 1 saturated heterocycles. The van der Waals surface area contributed by atoms with E-state index in [1.165, 1.54) is 5.56 Å². The van der Waals surface area contributed by atoms with Crippen molar-refractivity contribution >= 4 is 11.9 Å². The highest BCUT2D eigenvalue weighted by Crippen LogP contribution is 2.21. The number of carbonyl (C=O) groups excluding carboxylic acids is 2. The molecule has 0 saturated carbocycles. The summed E-state index contributed by atoms with van der Waals surface area (Å²) in [5, 5.41) is 9.22. The Bertz CT molecular complexity index is 1040. The number of carbonyl (C=O) groups is 2. The second kappa shape index (κ2) is 8.91. The van der Waals surface area contributed by atoms with Crippen LogP contribution in [0.4, 0.5) is 0 Å². The first-order valence-electron chi connectivity index (χ1n) is 10.7. The Morgan fingerprint density at radius 2 is 1.77 bits per heavy atom. The number of hydrogen-bond donors (Lipinski definition) is 0. The van der Waals surface area contributed by atoms with Crippen molar-refractivity contribution < 1.29 is 14.3 Å². The van der Waals surface area contributed by atoms with E-state index in [9.17, 15) is 14.9 Å². The summed E-state index contributed by atoms with van der Waals surface area (Å²) >= 11 is 0. The van der Waals surface area contributed by atoms with Crippen molar-refractivity contribution in [1.29, 1.82) is 5.26 Å². The molecule has 0 aliphatic carbocycles. The van der Waals surface area contributed by atoms with Crippen LogP contribution in [0.25, 0.3) is 0 Å². The number of amides is 1. The van der Waals surface area contributed by atoms with E-state index in [1.807, 2.05) is 43.0 Å². The minimum atomic E-state index is -0.228. The van der Waals surface area contributed by atoms with Gasteiger partial charge in [-0.3, -0.25) is 9.69 Å². The SMILES string of the molecule is Cc1cc(CC(=O)N2CCN(CCc3ccc4c(c3)COC4=O)CC2)cc(C)c1C#N. The lowest BCUT2D eigenvalue weighted by atomic mass is 9.98. The second-order valence-electron chi connectivity index (χ2n) is 8.43. The number of aryl methyl sites for hydroxylation is 2. The summed E-state index contributed by atoms with van der Waals surface area (Å²) in [7, 11) is 0. The first kappa shape index (κ1) is 21.1. The maximum absolute atomic E-state index is 12.8. The number of rotatable bonds is 5. The second-order valence-corrected chi connectivity index (χ2v) is 8.43. The van der Waals surface area contributed by atoms with Gasteiger partial charge in [-0.1, -0.05) is 24.3 Å². The summed E-state index contributed by atoms with van der Waals surface area (Å²) in [5.41, 5.74) is 6.40. The molecule has 0 unspecified atom stereocenters. The highest BCUT2D eigenvalue weighted by molar-refractivity contribution is 5.93. The molecule has 0 bridgehead atoms. The summed E-state index contributed by atoms with van der Waals surface area (Å²) in [6.07, 6.45) is 1.29. The van der Waals surface area contributed by atoms with E-state index in [4.69, 9.17) is 4.74 Å². The van der Waals surface area contributed by atoms with E-state index < -0.39 is 0 Å². The van der Waals surface area contributed by atoms with E-state index in [0.717, 1.165) is 61.4 Å². The molecule has 0 aromatic heterocycles. The number of fused-ring (bicyclic) bond motifs is 1. The topological polar surface area (TPSA) is 73.6 Å². The van der Waals surface area contributed by atoms with Crippen LogP contribution in [-0.2, 0) is 29.0 Å². The van der Waals surface area contributed by atoms with Crippen molar-refractivity contribution in [3.8, 4) is 6.07 Å². The van der Waals surface area contributed by atoms with Crippen LogP contribution in [-0.4, -0.2) is 54.4 Å². The van der Waals surface area contributed by atoms with E-state index in [1.54, 1.807) is 0 Å². The van der Waals surface area contributed by atoms with Crippen LogP contribution in [0.1, 0.15) is 43.7 Å². The van der Waals surface area contributed by atoms with Gasteiger partial charge in [0.15, 0.2) is 0 Å². The smallest absolute Gasteiger partial charge is 0.338 e. The number of ether oxygens (including phenoxy) is 1. The van der Waals surface area contributed by atoms with Gasteiger partial charge >= 0.3 is 5.97 Å². The standard InChI is InChI=1S/C25H27N3O3/c1-17-11-20(12-18(2)23(17)15-26)14-24(29)28-9-7-27(8-10-28)6-5-19-3-4-22-21(13-19)16-31-25(22)30/h3-4,11-13H,5-10,14,16H2,1-2H3. The largest absolute Gasteiger partial charge is 0.457 e. The fourth-order valence-electron chi connectivity index (χ4n) is 4.47. The number of hydrogen-bond acceptors (Lipinski definition) is 5. The van der Waals surface area contributed by atoms with Crippen molar-refractivity contribution in [2.24, 2.45) is 0 Å². The molecule has 160 valence electrons. The third-order valence-corrected chi connectivity index (χ3v) is 6.25. The summed E-state index contributed by atoms with van der Waals surface area (Å²) in [5.74, 6) is -0.0832. The van der Waals surface area contributed by atoms with Gasteiger partial charge in [-0.25, -0.2) is 4.79 Å². The van der Waals surface area contributed by atoms with Gasteiger partial charge < -0.3 is 9.64 Å². The fraction of sp³-hybridized carbons (Fsp3) is 0.400. The average Bonchev–Trinajstić information content (AvgIpc) is 3.12.